The molecule has 0 aromatic heterocycles. The molecule has 18 heavy (non-hydrogen) atoms. The van der Waals surface area contributed by atoms with Gasteiger partial charge in [0.25, 0.3) is 0 Å². The molecule has 0 spiro atoms. The van der Waals surface area contributed by atoms with Gasteiger partial charge < -0.3 is 0 Å². The van der Waals surface area contributed by atoms with Crippen LogP contribution in [0.15, 0.2) is 24.3 Å². The summed E-state index contributed by atoms with van der Waals surface area (Å²) in [6.07, 6.45) is -1.08. The van der Waals surface area contributed by atoms with Gasteiger partial charge in [0.05, 0.1) is 6.10 Å². The lowest BCUT2D eigenvalue weighted by atomic mass is 10.1. The third-order valence-corrected chi connectivity index (χ3v) is 3.41. The second kappa shape index (κ2) is 5.46. The second-order valence-electron chi connectivity index (χ2n) is 3.64. The third-order valence-electron chi connectivity index (χ3n) is 2.01. The summed E-state index contributed by atoms with van der Waals surface area (Å²) < 4.78 is 61.7. The second-order valence-corrected chi connectivity index (χ2v) is 5.64. The highest BCUT2D eigenvalue weighted by Gasteiger charge is 2.48. The highest BCUT2D eigenvalue weighted by Crippen LogP contribution is 2.26. The van der Waals surface area contributed by atoms with Crippen LogP contribution in [0.25, 0.3) is 0 Å². The van der Waals surface area contributed by atoms with Gasteiger partial charge >= 0.3 is 15.6 Å². The van der Waals surface area contributed by atoms with Crippen molar-refractivity contribution in [2.75, 3.05) is 0 Å². The highest BCUT2D eigenvalue weighted by molar-refractivity contribution is 7.87. The average Bonchev–Trinajstić information content (AvgIpc) is 2.19. The summed E-state index contributed by atoms with van der Waals surface area (Å²) in [5.41, 5.74) is -4.77. The van der Waals surface area contributed by atoms with Crippen LogP contribution in [-0.2, 0) is 20.7 Å². The largest absolute Gasteiger partial charge is 0.523 e. The van der Waals surface area contributed by atoms with E-state index in [4.69, 9.17) is 11.6 Å². The van der Waals surface area contributed by atoms with Crippen LogP contribution in [0.2, 0.25) is 5.02 Å². The molecule has 8 heteroatoms. The maximum atomic E-state index is 12.1. The van der Waals surface area contributed by atoms with E-state index in [2.05, 4.69) is 4.18 Å². The van der Waals surface area contributed by atoms with Crippen molar-refractivity contribution in [2.24, 2.45) is 0 Å². The zero-order chi connectivity index (χ0) is 14.0. The summed E-state index contributed by atoms with van der Waals surface area (Å²) in [5, 5.41) is 0.482. The van der Waals surface area contributed by atoms with Crippen molar-refractivity contribution in [2.45, 2.75) is 25.0 Å². The smallest absolute Gasteiger partial charge is 0.260 e. The number of alkyl halides is 3. The van der Waals surface area contributed by atoms with Crippen LogP contribution < -0.4 is 0 Å². The third kappa shape index (κ3) is 4.15. The first-order valence-electron chi connectivity index (χ1n) is 4.86. The molecule has 102 valence electrons. The van der Waals surface area contributed by atoms with E-state index < -0.39 is 21.7 Å². The molecule has 0 radical (unpaired) electrons. The van der Waals surface area contributed by atoms with Gasteiger partial charge in [-0.15, -0.1) is 0 Å². The Kier molecular flexibility index (Phi) is 4.63. The molecule has 0 aliphatic carbocycles. The summed E-state index contributed by atoms with van der Waals surface area (Å²) in [6, 6.07) is 6.29. The van der Waals surface area contributed by atoms with Crippen molar-refractivity contribution in [1.29, 1.82) is 0 Å². The summed E-state index contributed by atoms with van der Waals surface area (Å²) in [4.78, 5) is 0. The number of benzene rings is 1. The van der Waals surface area contributed by atoms with E-state index in [9.17, 15) is 21.6 Å². The van der Waals surface area contributed by atoms with Crippen molar-refractivity contribution < 1.29 is 25.8 Å². The first-order valence-corrected chi connectivity index (χ1v) is 6.64. The van der Waals surface area contributed by atoms with Crippen LogP contribution >= 0.6 is 11.6 Å². The van der Waals surface area contributed by atoms with Crippen molar-refractivity contribution in [3.8, 4) is 0 Å². The van der Waals surface area contributed by atoms with Crippen molar-refractivity contribution in [3.63, 3.8) is 0 Å². The van der Waals surface area contributed by atoms with Gasteiger partial charge in [-0.1, -0.05) is 23.7 Å². The molecule has 1 aromatic carbocycles. The van der Waals surface area contributed by atoms with Gasteiger partial charge in [-0.3, -0.25) is 4.18 Å². The lowest BCUT2D eigenvalue weighted by Crippen LogP contribution is -2.29. The lowest BCUT2D eigenvalue weighted by molar-refractivity contribution is -0.0567. The first kappa shape index (κ1) is 15.3. The standard InChI is InChI=1S/C10H10ClF3O3S/c1-7(17-18(15,16)10(12,13)14)6-8-2-4-9(11)5-3-8/h2-5,7H,6H2,1H3. The topological polar surface area (TPSA) is 43.4 Å². The van der Waals surface area contributed by atoms with E-state index in [1.54, 1.807) is 24.3 Å². The van der Waals surface area contributed by atoms with Gasteiger partial charge in [0.15, 0.2) is 0 Å². The fourth-order valence-electron chi connectivity index (χ4n) is 1.26. The van der Waals surface area contributed by atoms with Crippen LogP contribution in [-0.4, -0.2) is 20.0 Å². The molecule has 0 aliphatic heterocycles. The molecule has 1 aromatic rings. The number of hydrogen-bond donors (Lipinski definition) is 0. The number of hydrogen-bond acceptors (Lipinski definition) is 3. The Bertz CT molecular complexity index is 496. The Hall–Kier alpha value is -0.790. The maximum absolute atomic E-state index is 12.1. The van der Waals surface area contributed by atoms with E-state index in [0.29, 0.717) is 10.6 Å². The van der Waals surface area contributed by atoms with Gasteiger partial charge in [0, 0.05) is 5.02 Å². The molecule has 0 N–H and O–H groups in total. The molecule has 0 aliphatic rings. The predicted octanol–water partition coefficient (Wildman–Crippen LogP) is 3.14. The zero-order valence-electron chi connectivity index (χ0n) is 9.24. The molecule has 0 fully saturated rings. The van der Waals surface area contributed by atoms with Crippen LogP contribution in [0, 0.1) is 0 Å². The minimum atomic E-state index is -5.55. The van der Waals surface area contributed by atoms with Crippen molar-refractivity contribution in [1.82, 2.24) is 0 Å². The lowest BCUT2D eigenvalue weighted by Gasteiger charge is -2.14. The minimum Gasteiger partial charge on any atom is -0.260 e. The Labute approximate surface area is 108 Å². The molecular weight excluding hydrogens is 293 g/mol. The monoisotopic (exact) mass is 302 g/mol. The molecular formula is C10H10ClF3O3S. The van der Waals surface area contributed by atoms with Gasteiger partial charge in [-0.2, -0.15) is 21.6 Å². The highest BCUT2D eigenvalue weighted by atomic mass is 35.5. The summed E-state index contributed by atoms with van der Waals surface area (Å²) in [6.45, 7) is 1.25. The van der Waals surface area contributed by atoms with Gasteiger partial charge in [-0.05, 0) is 31.0 Å². The van der Waals surface area contributed by atoms with E-state index >= 15 is 0 Å². The molecule has 1 rings (SSSR count). The SMILES string of the molecule is CC(Cc1ccc(Cl)cc1)OS(=O)(=O)C(F)(F)F. The summed E-state index contributed by atoms with van der Waals surface area (Å²) >= 11 is 5.64. The van der Waals surface area contributed by atoms with E-state index in [1.165, 1.54) is 6.92 Å². The Morgan fingerprint density at radius 3 is 2.22 bits per heavy atom. The Morgan fingerprint density at radius 2 is 1.78 bits per heavy atom. The summed E-state index contributed by atoms with van der Waals surface area (Å²) in [5.74, 6) is 0. The molecule has 0 saturated carbocycles. The van der Waals surface area contributed by atoms with E-state index in [0.717, 1.165) is 0 Å². The van der Waals surface area contributed by atoms with Crippen LogP contribution in [0.1, 0.15) is 12.5 Å². The molecule has 0 amide bonds. The minimum absolute atomic E-state index is 0.0342. The molecule has 3 nitrogen and oxygen atoms in total. The maximum Gasteiger partial charge on any atom is 0.523 e. The zero-order valence-corrected chi connectivity index (χ0v) is 10.8. The van der Waals surface area contributed by atoms with E-state index in [-0.39, 0.29) is 6.42 Å². The Balaban J connectivity index is 2.68. The van der Waals surface area contributed by atoms with Crippen molar-refractivity contribution in [3.05, 3.63) is 34.9 Å². The average molecular weight is 303 g/mol. The fraction of sp³-hybridized carbons (Fsp3) is 0.400. The van der Waals surface area contributed by atoms with Gasteiger partial charge in [0.1, 0.15) is 0 Å². The molecule has 0 bridgehead atoms. The number of rotatable bonds is 4. The first-order chi connectivity index (χ1) is 8.12. The van der Waals surface area contributed by atoms with Crippen LogP contribution in [0.3, 0.4) is 0 Å². The van der Waals surface area contributed by atoms with Gasteiger partial charge in [0.2, 0.25) is 0 Å². The quantitative estimate of drug-likeness (QED) is 0.634. The molecule has 0 heterocycles. The normalized spacial score (nSPS) is 14.5. The predicted molar refractivity (Wildman–Crippen MR) is 60.7 cm³/mol. The van der Waals surface area contributed by atoms with Gasteiger partial charge in [-0.25, -0.2) is 0 Å². The molecule has 1 unspecified atom stereocenters. The summed E-state index contributed by atoms with van der Waals surface area (Å²) in [7, 11) is -5.55. The Morgan fingerprint density at radius 1 is 1.28 bits per heavy atom. The van der Waals surface area contributed by atoms with Crippen molar-refractivity contribution >= 4 is 21.7 Å². The van der Waals surface area contributed by atoms with Crippen LogP contribution in [0.4, 0.5) is 13.2 Å². The molecule has 0 saturated heterocycles. The van der Waals surface area contributed by atoms with E-state index in [1.807, 2.05) is 0 Å². The fourth-order valence-corrected chi connectivity index (χ4v) is 1.99. The van der Waals surface area contributed by atoms with Crippen LogP contribution in [0.5, 0.6) is 0 Å². The number of halogens is 4. The molecule has 1 atom stereocenters.